The van der Waals surface area contributed by atoms with E-state index in [1.807, 2.05) is 20.8 Å². The molecule has 0 radical (unpaired) electrons. The second-order valence-electron chi connectivity index (χ2n) is 4.37. The van der Waals surface area contributed by atoms with Gasteiger partial charge in [0.25, 0.3) is 5.56 Å². The van der Waals surface area contributed by atoms with E-state index in [-0.39, 0.29) is 11.0 Å². The van der Waals surface area contributed by atoms with Gasteiger partial charge < -0.3 is 10.7 Å². The molecule has 0 spiro atoms. The van der Waals surface area contributed by atoms with Gasteiger partial charge in [0.15, 0.2) is 0 Å². The molecule has 0 aliphatic heterocycles. The zero-order chi connectivity index (χ0) is 10.8. The van der Waals surface area contributed by atoms with Crippen molar-refractivity contribution in [2.75, 3.05) is 6.54 Å². The highest BCUT2D eigenvalue weighted by molar-refractivity contribution is 5.08. The molecule has 0 aliphatic rings. The van der Waals surface area contributed by atoms with Gasteiger partial charge >= 0.3 is 0 Å². The Morgan fingerprint density at radius 1 is 1.50 bits per heavy atom. The molecule has 0 saturated carbocycles. The fourth-order valence-corrected chi connectivity index (χ4v) is 1.14. The van der Waals surface area contributed by atoms with Gasteiger partial charge in [0, 0.05) is 23.6 Å². The van der Waals surface area contributed by atoms with Crippen LogP contribution in [0, 0.1) is 0 Å². The summed E-state index contributed by atoms with van der Waals surface area (Å²) in [7, 11) is 0. The Morgan fingerprint density at radius 3 is 2.64 bits per heavy atom. The number of H-pyrrole nitrogens is 1. The molecule has 1 heterocycles. The summed E-state index contributed by atoms with van der Waals surface area (Å²) in [6.45, 7) is 6.55. The highest BCUT2D eigenvalue weighted by Gasteiger charge is 2.17. The summed E-state index contributed by atoms with van der Waals surface area (Å²) >= 11 is 0. The third kappa shape index (κ3) is 2.67. The first kappa shape index (κ1) is 10.9. The van der Waals surface area contributed by atoms with Crippen LogP contribution in [0.2, 0.25) is 0 Å². The lowest BCUT2D eigenvalue weighted by Gasteiger charge is -2.17. The van der Waals surface area contributed by atoms with Gasteiger partial charge in [-0.05, 0) is 6.54 Å². The Balaban J connectivity index is 3.14. The topological polar surface area (TPSA) is 71.8 Å². The number of aromatic amines is 1. The Morgan fingerprint density at radius 2 is 2.14 bits per heavy atom. The predicted molar refractivity (Wildman–Crippen MR) is 56.3 cm³/mol. The van der Waals surface area contributed by atoms with Gasteiger partial charge in [-0.2, -0.15) is 0 Å². The number of rotatable bonds is 2. The molecule has 1 rings (SSSR count). The normalized spacial score (nSPS) is 11.7. The van der Waals surface area contributed by atoms with Gasteiger partial charge in [-0.3, -0.25) is 4.79 Å². The van der Waals surface area contributed by atoms with Crippen LogP contribution >= 0.6 is 0 Å². The van der Waals surface area contributed by atoms with Crippen molar-refractivity contribution in [2.45, 2.75) is 32.6 Å². The van der Waals surface area contributed by atoms with Gasteiger partial charge in [-0.1, -0.05) is 20.8 Å². The van der Waals surface area contributed by atoms with Crippen molar-refractivity contribution in [1.29, 1.82) is 0 Å². The molecule has 1 aromatic rings. The SMILES string of the molecule is CC(C)(C)c1nc(CCN)cc(=O)[nH]1. The summed E-state index contributed by atoms with van der Waals surface area (Å²) < 4.78 is 0. The minimum absolute atomic E-state index is 0.103. The first-order valence-electron chi connectivity index (χ1n) is 4.74. The molecule has 4 heteroatoms. The lowest BCUT2D eigenvalue weighted by atomic mass is 9.95. The number of nitrogens with one attached hydrogen (secondary N) is 1. The molecule has 0 fully saturated rings. The maximum absolute atomic E-state index is 11.3. The fourth-order valence-electron chi connectivity index (χ4n) is 1.14. The fraction of sp³-hybridized carbons (Fsp3) is 0.600. The lowest BCUT2D eigenvalue weighted by molar-refractivity contribution is 0.538. The molecule has 78 valence electrons. The molecule has 0 bridgehead atoms. The summed E-state index contributed by atoms with van der Waals surface area (Å²) in [5.41, 5.74) is 5.94. The Kier molecular flexibility index (Phi) is 3.06. The summed E-state index contributed by atoms with van der Waals surface area (Å²) in [6, 6.07) is 1.50. The highest BCUT2D eigenvalue weighted by atomic mass is 16.1. The zero-order valence-corrected chi connectivity index (χ0v) is 8.92. The van der Waals surface area contributed by atoms with Crippen LogP contribution in [0.3, 0.4) is 0 Å². The van der Waals surface area contributed by atoms with E-state index in [0.29, 0.717) is 18.8 Å². The summed E-state index contributed by atoms with van der Waals surface area (Å²) in [6.07, 6.45) is 0.646. The van der Waals surface area contributed by atoms with Crippen molar-refractivity contribution < 1.29 is 0 Å². The van der Waals surface area contributed by atoms with E-state index in [9.17, 15) is 4.79 Å². The maximum Gasteiger partial charge on any atom is 0.251 e. The van der Waals surface area contributed by atoms with E-state index in [4.69, 9.17) is 5.73 Å². The van der Waals surface area contributed by atoms with Crippen LogP contribution in [-0.2, 0) is 11.8 Å². The van der Waals surface area contributed by atoms with Crippen LogP contribution in [0.4, 0.5) is 0 Å². The average Bonchev–Trinajstić information content (AvgIpc) is 2.02. The number of nitrogens with two attached hydrogens (primary N) is 1. The first-order chi connectivity index (χ1) is 6.43. The van der Waals surface area contributed by atoms with E-state index < -0.39 is 0 Å². The van der Waals surface area contributed by atoms with Crippen molar-refractivity contribution in [3.63, 3.8) is 0 Å². The predicted octanol–water partition coefficient (Wildman–Crippen LogP) is 0.569. The van der Waals surface area contributed by atoms with Crippen LogP contribution < -0.4 is 11.3 Å². The maximum atomic E-state index is 11.3. The van der Waals surface area contributed by atoms with Crippen molar-refractivity contribution in [2.24, 2.45) is 5.73 Å². The van der Waals surface area contributed by atoms with Gasteiger partial charge in [-0.15, -0.1) is 0 Å². The van der Waals surface area contributed by atoms with E-state index in [1.165, 1.54) is 6.07 Å². The third-order valence-corrected chi connectivity index (χ3v) is 1.91. The largest absolute Gasteiger partial charge is 0.330 e. The monoisotopic (exact) mass is 195 g/mol. The number of hydrogen-bond donors (Lipinski definition) is 2. The molecule has 0 aliphatic carbocycles. The van der Waals surface area contributed by atoms with Crippen molar-refractivity contribution in [3.05, 3.63) is 27.9 Å². The molecule has 0 atom stereocenters. The van der Waals surface area contributed by atoms with Gasteiger partial charge in [0.1, 0.15) is 5.82 Å². The molecule has 0 amide bonds. The molecular formula is C10H17N3O. The third-order valence-electron chi connectivity index (χ3n) is 1.91. The Hall–Kier alpha value is -1.16. The van der Waals surface area contributed by atoms with Crippen LogP contribution in [-0.4, -0.2) is 16.5 Å². The molecule has 14 heavy (non-hydrogen) atoms. The molecule has 4 nitrogen and oxygen atoms in total. The summed E-state index contributed by atoms with van der Waals surface area (Å²) in [5.74, 6) is 0.716. The second-order valence-corrected chi connectivity index (χ2v) is 4.37. The quantitative estimate of drug-likeness (QED) is 0.724. The van der Waals surface area contributed by atoms with Crippen LogP contribution in [0.15, 0.2) is 10.9 Å². The van der Waals surface area contributed by atoms with Crippen molar-refractivity contribution in [3.8, 4) is 0 Å². The Labute approximate surface area is 83.6 Å². The highest BCUT2D eigenvalue weighted by Crippen LogP contribution is 2.16. The Bertz CT molecular complexity index is 362. The first-order valence-corrected chi connectivity index (χ1v) is 4.74. The van der Waals surface area contributed by atoms with Crippen molar-refractivity contribution >= 4 is 0 Å². The van der Waals surface area contributed by atoms with Crippen LogP contribution in [0.5, 0.6) is 0 Å². The molecule has 0 saturated heterocycles. The molecule has 0 aromatic carbocycles. The van der Waals surface area contributed by atoms with E-state index in [0.717, 1.165) is 5.69 Å². The molecular weight excluding hydrogens is 178 g/mol. The minimum atomic E-state index is -0.135. The second kappa shape index (κ2) is 3.92. The standard InChI is InChI=1S/C10H17N3O/c1-10(2,3)9-12-7(4-5-11)6-8(14)13-9/h6H,4-5,11H2,1-3H3,(H,12,13,14). The number of hydrogen-bond acceptors (Lipinski definition) is 3. The van der Waals surface area contributed by atoms with E-state index in [1.54, 1.807) is 0 Å². The molecule has 0 unspecified atom stereocenters. The van der Waals surface area contributed by atoms with E-state index in [2.05, 4.69) is 9.97 Å². The number of nitrogens with zero attached hydrogens (tertiary/aromatic N) is 1. The van der Waals surface area contributed by atoms with Gasteiger partial charge in [0.2, 0.25) is 0 Å². The van der Waals surface area contributed by atoms with Crippen LogP contribution in [0.1, 0.15) is 32.3 Å². The lowest BCUT2D eigenvalue weighted by Crippen LogP contribution is -2.23. The average molecular weight is 195 g/mol. The summed E-state index contributed by atoms with van der Waals surface area (Å²) in [5, 5.41) is 0. The molecule has 1 aromatic heterocycles. The van der Waals surface area contributed by atoms with Crippen molar-refractivity contribution in [1.82, 2.24) is 9.97 Å². The zero-order valence-electron chi connectivity index (χ0n) is 8.92. The summed E-state index contributed by atoms with van der Waals surface area (Å²) in [4.78, 5) is 18.4. The minimum Gasteiger partial charge on any atom is -0.330 e. The van der Waals surface area contributed by atoms with Gasteiger partial charge in [0.05, 0.1) is 0 Å². The van der Waals surface area contributed by atoms with E-state index >= 15 is 0 Å². The molecule has 3 N–H and O–H groups in total. The van der Waals surface area contributed by atoms with Gasteiger partial charge in [-0.25, -0.2) is 4.98 Å². The number of aromatic nitrogens is 2. The smallest absolute Gasteiger partial charge is 0.251 e. The van der Waals surface area contributed by atoms with Crippen LogP contribution in [0.25, 0.3) is 0 Å².